The lowest BCUT2D eigenvalue weighted by atomic mass is 9.73. The first-order valence-corrected chi connectivity index (χ1v) is 12.8. The molecule has 2 heterocycles. The number of likely N-dealkylation sites (N-methyl/N-ethyl adjacent to an activating group) is 1. The summed E-state index contributed by atoms with van der Waals surface area (Å²) in [5.41, 5.74) is 6.49. The summed E-state index contributed by atoms with van der Waals surface area (Å²) in [4.78, 5) is 31.4. The minimum atomic E-state index is -1.03. The van der Waals surface area contributed by atoms with Crippen molar-refractivity contribution in [2.24, 2.45) is 12.8 Å². The number of hydrogen-bond donors (Lipinski definition) is 2. The molecular weight excluding hydrogens is 480 g/mol. The molecule has 1 aromatic heterocycles. The van der Waals surface area contributed by atoms with Crippen molar-refractivity contribution in [3.63, 3.8) is 0 Å². The van der Waals surface area contributed by atoms with E-state index in [1.165, 1.54) is 0 Å². The van der Waals surface area contributed by atoms with Gasteiger partial charge in [0.25, 0.3) is 0 Å². The van der Waals surface area contributed by atoms with Crippen LogP contribution >= 0.6 is 0 Å². The number of primary amides is 1. The lowest BCUT2D eigenvalue weighted by molar-refractivity contribution is -0.135. The Bertz CT molecular complexity index is 1390. The van der Waals surface area contributed by atoms with Gasteiger partial charge >= 0.3 is 6.03 Å². The van der Waals surface area contributed by atoms with Gasteiger partial charge in [0.05, 0.1) is 29.2 Å². The van der Waals surface area contributed by atoms with E-state index in [0.717, 1.165) is 31.4 Å². The number of nitrogens with two attached hydrogens (primary N) is 1. The second kappa shape index (κ2) is 10.6. The summed E-state index contributed by atoms with van der Waals surface area (Å²) in [5.74, 6) is 0.976. The van der Waals surface area contributed by atoms with Gasteiger partial charge in [-0.2, -0.15) is 5.26 Å². The fourth-order valence-corrected chi connectivity index (χ4v) is 5.51. The molecule has 0 radical (unpaired) electrons. The van der Waals surface area contributed by atoms with Crippen molar-refractivity contribution in [2.75, 3.05) is 13.6 Å². The third-order valence-electron chi connectivity index (χ3n) is 7.70. The van der Waals surface area contributed by atoms with E-state index in [2.05, 4.69) is 16.4 Å². The molecule has 0 aliphatic carbocycles. The van der Waals surface area contributed by atoms with Crippen LogP contribution in [0.1, 0.15) is 61.9 Å². The molecule has 0 saturated carbocycles. The maximum Gasteiger partial charge on any atom is 0.313 e. The van der Waals surface area contributed by atoms with Crippen LogP contribution in [-0.4, -0.2) is 40.0 Å². The summed E-state index contributed by atoms with van der Waals surface area (Å²) in [6.45, 7) is 4.62. The topological polar surface area (TPSA) is 126 Å². The van der Waals surface area contributed by atoms with Crippen LogP contribution in [0.5, 0.6) is 11.5 Å². The predicted octanol–water partition coefficient (Wildman–Crippen LogP) is 4.31. The number of rotatable bonds is 7. The predicted molar refractivity (Wildman–Crippen MR) is 144 cm³/mol. The largest absolute Gasteiger partial charge is 0.456 e. The summed E-state index contributed by atoms with van der Waals surface area (Å²) in [7, 11) is 3.69. The van der Waals surface area contributed by atoms with Gasteiger partial charge in [0.1, 0.15) is 23.1 Å². The van der Waals surface area contributed by atoms with Gasteiger partial charge in [-0.3, -0.25) is 4.79 Å². The first-order chi connectivity index (χ1) is 18.1. The molecule has 2 atom stereocenters. The molecule has 0 spiro atoms. The van der Waals surface area contributed by atoms with Crippen molar-refractivity contribution < 1.29 is 14.3 Å². The number of urea groups is 1. The molecular formula is C29H34N6O3. The molecule has 4 rings (SSSR count). The SMILES string of the molecule is CC[C@@]1(c2cccc(Oc3cc(C(C)(NC(N)=O)c4cncn4C)ccc3C#N)c2)CCCCN(C)C1=O. The minimum absolute atomic E-state index is 0.124. The molecule has 0 bridgehead atoms. The van der Waals surface area contributed by atoms with Gasteiger partial charge in [-0.05, 0) is 61.6 Å². The van der Waals surface area contributed by atoms with Crippen LogP contribution in [0.25, 0.3) is 0 Å². The van der Waals surface area contributed by atoms with Crippen LogP contribution in [-0.2, 0) is 22.8 Å². The number of imidazole rings is 1. The van der Waals surface area contributed by atoms with E-state index in [-0.39, 0.29) is 5.91 Å². The average Bonchev–Trinajstić information content (AvgIpc) is 3.28. The fraction of sp³-hybridized carbons (Fsp3) is 0.379. The average molecular weight is 515 g/mol. The Balaban J connectivity index is 1.76. The van der Waals surface area contributed by atoms with Gasteiger partial charge in [0.15, 0.2) is 0 Å². The molecule has 9 nitrogen and oxygen atoms in total. The Morgan fingerprint density at radius 1 is 1.26 bits per heavy atom. The maximum absolute atomic E-state index is 13.4. The molecule has 3 N–H and O–H groups in total. The number of ether oxygens (including phenoxy) is 1. The molecule has 3 aromatic rings. The lowest BCUT2D eigenvalue weighted by Gasteiger charge is -2.33. The second-order valence-corrected chi connectivity index (χ2v) is 10.1. The van der Waals surface area contributed by atoms with E-state index in [9.17, 15) is 14.9 Å². The Labute approximate surface area is 223 Å². The molecule has 38 heavy (non-hydrogen) atoms. The lowest BCUT2D eigenvalue weighted by Crippen LogP contribution is -2.47. The number of carbonyl (C=O) groups excluding carboxylic acids is 2. The molecule has 3 amide bonds. The first kappa shape index (κ1) is 26.7. The Hall–Kier alpha value is -4.32. The van der Waals surface area contributed by atoms with Crippen LogP contribution in [0.2, 0.25) is 0 Å². The van der Waals surface area contributed by atoms with Gasteiger partial charge in [0, 0.05) is 20.6 Å². The minimum Gasteiger partial charge on any atom is -0.456 e. The quantitative estimate of drug-likeness (QED) is 0.486. The molecule has 1 unspecified atom stereocenters. The highest BCUT2D eigenvalue weighted by molar-refractivity contribution is 5.88. The molecule has 1 fully saturated rings. The molecule has 9 heteroatoms. The van der Waals surface area contributed by atoms with E-state index in [1.54, 1.807) is 35.3 Å². The standard InChI is InChI=1S/C29H34N6O3/c1-5-29(13-6-7-14-34(3)26(29)36)22-9-8-10-23(15-22)38-24-16-21(12-11-20(24)17-30)28(2,33-27(31)37)25-18-32-19-35(25)4/h8-12,15-16,18-19H,5-7,13-14H2,1-4H3,(H3,31,33,37)/t28?,29-/m0/s1. The number of carbonyl (C=O) groups is 2. The summed E-state index contributed by atoms with van der Waals surface area (Å²) < 4.78 is 8.08. The van der Waals surface area contributed by atoms with Crippen molar-refractivity contribution in [1.82, 2.24) is 19.8 Å². The normalized spacial score (nSPS) is 19.2. The van der Waals surface area contributed by atoms with E-state index in [1.807, 2.05) is 57.1 Å². The number of amides is 3. The zero-order valence-electron chi connectivity index (χ0n) is 22.3. The van der Waals surface area contributed by atoms with Gasteiger partial charge < -0.3 is 25.3 Å². The molecule has 1 saturated heterocycles. The van der Waals surface area contributed by atoms with Gasteiger partial charge in [0.2, 0.25) is 5.91 Å². The fourth-order valence-electron chi connectivity index (χ4n) is 5.51. The number of nitriles is 1. The third-order valence-corrected chi connectivity index (χ3v) is 7.70. The zero-order chi connectivity index (χ0) is 27.5. The Kier molecular flexibility index (Phi) is 7.44. The maximum atomic E-state index is 13.4. The van der Waals surface area contributed by atoms with Crippen molar-refractivity contribution >= 4 is 11.9 Å². The highest BCUT2D eigenvalue weighted by Gasteiger charge is 2.41. The van der Waals surface area contributed by atoms with E-state index in [4.69, 9.17) is 10.5 Å². The van der Waals surface area contributed by atoms with Crippen molar-refractivity contribution in [3.05, 3.63) is 77.4 Å². The molecule has 1 aliphatic rings. The number of aromatic nitrogens is 2. The van der Waals surface area contributed by atoms with Crippen LogP contribution in [0.15, 0.2) is 55.0 Å². The third kappa shape index (κ3) is 4.82. The molecule has 2 aromatic carbocycles. The monoisotopic (exact) mass is 514 g/mol. The first-order valence-electron chi connectivity index (χ1n) is 12.8. The zero-order valence-corrected chi connectivity index (χ0v) is 22.3. The highest BCUT2D eigenvalue weighted by Crippen LogP contribution is 2.40. The van der Waals surface area contributed by atoms with Gasteiger partial charge in [-0.1, -0.05) is 31.5 Å². The van der Waals surface area contributed by atoms with Gasteiger partial charge in [-0.25, -0.2) is 9.78 Å². The van der Waals surface area contributed by atoms with Crippen molar-refractivity contribution in [2.45, 2.75) is 50.5 Å². The smallest absolute Gasteiger partial charge is 0.313 e. The number of nitrogens with zero attached hydrogens (tertiary/aromatic N) is 4. The molecule has 198 valence electrons. The van der Waals surface area contributed by atoms with Crippen molar-refractivity contribution in [3.8, 4) is 17.6 Å². The summed E-state index contributed by atoms with van der Waals surface area (Å²) >= 11 is 0. The summed E-state index contributed by atoms with van der Waals surface area (Å²) in [6, 6.07) is 14.2. The van der Waals surface area contributed by atoms with Crippen LogP contribution in [0.3, 0.4) is 0 Å². The Morgan fingerprint density at radius 2 is 2.05 bits per heavy atom. The Morgan fingerprint density at radius 3 is 2.71 bits per heavy atom. The summed E-state index contributed by atoms with van der Waals surface area (Å²) in [6.07, 6.45) is 6.70. The van der Waals surface area contributed by atoms with E-state index in [0.29, 0.717) is 34.7 Å². The number of hydrogen-bond acceptors (Lipinski definition) is 5. The van der Waals surface area contributed by atoms with Crippen LogP contribution in [0, 0.1) is 11.3 Å². The number of aryl methyl sites for hydroxylation is 1. The number of likely N-dealkylation sites (tertiary alicyclic amines) is 1. The van der Waals surface area contributed by atoms with E-state index >= 15 is 0 Å². The van der Waals surface area contributed by atoms with Gasteiger partial charge in [-0.15, -0.1) is 0 Å². The van der Waals surface area contributed by atoms with E-state index < -0.39 is 17.0 Å². The second-order valence-electron chi connectivity index (χ2n) is 10.1. The van der Waals surface area contributed by atoms with Crippen LogP contribution < -0.4 is 15.8 Å². The van der Waals surface area contributed by atoms with Crippen molar-refractivity contribution in [1.29, 1.82) is 5.26 Å². The highest BCUT2D eigenvalue weighted by atomic mass is 16.5. The number of benzene rings is 2. The molecule has 1 aliphatic heterocycles. The van der Waals surface area contributed by atoms with Crippen LogP contribution in [0.4, 0.5) is 4.79 Å². The number of nitrogens with one attached hydrogen (secondary N) is 1. The summed E-state index contributed by atoms with van der Waals surface area (Å²) in [5, 5.41) is 12.6.